The molecule has 2 amide bonds. The second-order valence-electron chi connectivity index (χ2n) is 7.10. The Morgan fingerprint density at radius 3 is 2.72 bits per heavy atom. The molecule has 0 saturated carbocycles. The summed E-state index contributed by atoms with van der Waals surface area (Å²) in [5.41, 5.74) is -0.896. The van der Waals surface area contributed by atoms with E-state index in [0.717, 1.165) is 12.1 Å². The van der Waals surface area contributed by atoms with E-state index < -0.39 is 29.3 Å². The maximum atomic E-state index is 13.5. The monoisotopic (exact) mass is 466 g/mol. The van der Waals surface area contributed by atoms with Crippen molar-refractivity contribution in [2.24, 2.45) is 0 Å². The summed E-state index contributed by atoms with van der Waals surface area (Å²) in [5.74, 6) is -0.667. The lowest BCUT2D eigenvalue weighted by atomic mass is 10.0. The molecule has 3 rings (SSSR count). The third-order valence-electron chi connectivity index (χ3n) is 5.10. The van der Waals surface area contributed by atoms with Crippen molar-refractivity contribution in [1.82, 2.24) is 10.2 Å². The summed E-state index contributed by atoms with van der Waals surface area (Å²) in [7, 11) is 1.48. The van der Waals surface area contributed by atoms with Crippen molar-refractivity contribution in [3.05, 3.63) is 51.7 Å². The van der Waals surface area contributed by atoms with Gasteiger partial charge in [0.15, 0.2) is 0 Å². The molecule has 1 aliphatic rings. The van der Waals surface area contributed by atoms with Crippen LogP contribution in [0, 0.1) is 11.3 Å². The highest BCUT2D eigenvalue weighted by Gasteiger charge is 2.38. The van der Waals surface area contributed by atoms with Crippen LogP contribution in [0.25, 0.3) is 0 Å². The molecule has 32 heavy (non-hydrogen) atoms. The van der Waals surface area contributed by atoms with Crippen molar-refractivity contribution in [3.63, 3.8) is 0 Å². The Bertz CT molecular complexity index is 1000. The Balaban J connectivity index is 1.91. The number of piperazine rings is 1. The molecule has 1 atom stereocenters. The highest BCUT2D eigenvalue weighted by Crippen LogP contribution is 2.35. The van der Waals surface area contributed by atoms with E-state index in [2.05, 4.69) is 5.32 Å². The first-order chi connectivity index (χ1) is 15.3. The fourth-order valence-corrected chi connectivity index (χ4v) is 4.14. The van der Waals surface area contributed by atoms with Gasteiger partial charge in [0.2, 0.25) is 5.91 Å². The van der Waals surface area contributed by atoms with Gasteiger partial charge in [0.1, 0.15) is 6.04 Å². The van der Waals surface area contributed by atoms with Crippen LogP contribution in [0.15, 0.2) is 35.0 Å². The second kappa shape index (κ2) is 10.0. The third kappa shape index (κ3) is 5.20. The molecular weight excluding hydrogens is 445 g/mol. The average molecular weight is 466 g/mol. The third-order valence-corrected chi connectivity index (χ3v) is 5.79. The lowest BCUT2D eigenvalue weighted by Gasteiger charge is -2.42. The summed E-state index contributed by atoms with van der Waals surface area (Å²) in [4.78, 5) is 28.7. The number of hydrogen-bond donors (Lipinski definition) is 1. The van der Waals surface area contributed by atoms with Crippen LogP contribution in [0.3, 0.4) is 0 Å². The zero-order valence-corrected chi connectivity index (χ0v) is 18.0. The maximum absolute atomic E-state index is 13.5. The minimum Gasteiger partial charge on any atom is -0.383 e. The van der Waals surface area contributed by atoms with Crippen LogP contribution in [-0.2, 0) is 15.7 Å². The summed E-state index contributed by atoms with van der Waals surface area (Å²) < 4.78 is 45.3. The molecule has 0 spiro atoms. The van der Waals surface area contributed by atoms with Gasteiger partial charge in [-0.1, -0.05) is 0 Å². The highest BCUT2D eigenvalue weighted by atomic mass is 32.1. The Labute approximate surface area is 187 Å². The van der Waals surface area contributed by atoms with Gasteiger partial charge in [-0.25, -0.2) is 0 Å². The van der Waals surface area contributed by atoms with Gasteiger partial charge >= 0.3 is 6.18 Å². The first-order valence-electron chi connectivity index (χ1n) is 9.72. The van der Waals surface area contributed by atoms with Crippen LogP contribution >= 0.6 is 11.3 Å². The molecule has 1 aromatic heterocycles. The van der Waals surface area contributed by atoms with E-state index in [1.165, 1.54) is 34.3 Å². The smallest absolute Gasteiger partial charge is 0.383 e. The number of amides is 2. The van der Waals surface area contributed by atoms with Crippen molar-refractivity contribution < 1.29 is 27.5 Å². The molecule has 11 heteroatoms. The first-order valence-corrected chi connectivity index (χ1v) is 10.7. The van der Waals surface area contributed by atoms with Crippen LogP contribution in [0.4, 0.5) is 18.9 Å². The number of carbonyl (C=O) groups is 2. The van der Waals surface area contributed by atoms with Gasteiger partial charge in [0.05, 0.1) is 35.9 Å². The number of alkyl halides is 3. The molecule has 1 saturated heterocycles. The number of hydrogen-bond acceptors (Lipinski definition) is 6. The van der Waals surface area contributed by atoms with Crippen LogP contribution in [0.1, 0.15) is 21.5 Å². The molecule has 1 aliphatic heterocycles. The number of thiophene rings is 1. The maximum Gasteiger partial charge on any atom is 0.417 e. The van der Waals surface area contributed by atoms with Crippen LogP contribution in [-0.4, -0.2) is 62.7 Å². The fraction of sp³-hybridized carbons (Fsp3) is 0.381. The Morgan fingerprint density at radius 1 is 1.31 bits per heavy atom. The number of nitriles is 1. The van der Waals surface area contributed by atoms with Gasteiger partial charge < -0.3 is 19.9 Å². The van der Waals surface area contributed by atoms with Gasteiger partial charge in [0, 0.05) is 37.8 Å². The Hall–Kier alpha value is -3.10. The summed E-state index contributed by atoms with van der Waals surface area (Å²) in [5, 5.41) is 15.2. The first kappa shape index (κ1) is 23.6. The Morgan fingerprint density at radius 2 is 2.09 bits per heavy atom. The summed E-state index contributed by atoms with van der Waals surface area (Å²) in [6, 6.07) is 5.70. The molecule has 170 valence electrons. The number of carbonyl (C=O) groups excluding carboxylic acids is 2. The topological polar surface area (TPSA) is 85.7 Å². The van der Waals surface area contributed by atoms with Crippen molar-refractivity contribution in [2.75, 3.05) is 44.8 Å². The van der Waals surface area contributed by atoms with Crippen LogP contribution < -0.4 is 10.2 Å². The molecule has 1 N–H and O–H groups in total. The van der Waals surface area contributed by atoms with E-state index >= 15 is 0 Å². The number of rotatable bonds is 6. The van der Waals surface area contributed by atoms with Crippen molar-refractivity contribution >= 4 is 28.8 Å². The van der Waals surface area contributed by atoms with E-state index in [1.54, 1.807) is 22.9 Å². The van der Waals surface area contributed by atoms with Crippen molar-refractivity contribution in [3.8, 4) is 6.07 Å². The minimum atomic E-state index is -4.71. The predicted molar refractivity (Wildman–Crippen MR) is 112 cm³/mol. The Kier molecular flexibility index (Phi) is 7.37. The average Bonchev–Trinajstić information content (AvgIpc) is 3.32. The van der Waals surface area contributed by atoms with Crippen molar-refractivity contribution in [1.29, 1.82) is 5.26 Å². The predicted octanol–water partition coefficient (Wildman–Crippen LogP) is 2.73. The van der Waals surface area contributed by atoms with Gasteiger partial charge in [-0.2, -0.15) is 29.8 Å². The molecular formula is C21H21F3N4O3S. The quantitative estimate of drug-likeness (QED) is 0.662. The van der Waals surface area contributed by atoms with E-state index in [0.29, 0.717) is 5.56 Å². The summed E-state index contributed by atoms with van der Waals surface area (Å²) in [6.45, 7) is 0.887. The highest BCUT2D eigenvalue weighted by molar-refractivity contribution is 7.08. The van der Waals surface area contributed by atoms with E-state index in [1.807, 2.05) is 0 Å². The van der Waals surface area contributed by atoms with E-state index in [-0.39, 0.29) is 44.4 Å². The van der Waals surface area contributed by atoms with Crippen LogP contribution in [0.5, 0.6) is 0 Å². The minimum absolute atomic E-state index is 0.00878. The molecule has 2 aromatic rings. The molecule has 1 fully saturated rings. The number of ether oxygens (including phenoxy) is 1. The van der Waals surface area contributed by atoms with Gasteiger partial charge in [0.25, 0.3) is 5.91 Å². The number of nitrogens with one attached hydrogen (secondary N) is 1. The molecule has 7 nitrogen and oxygen atoms in total. The summed E-state index contributed by atoms with van der Waals surface area (Å²) >= 11 is 1.37. The van der Waals surface area contributed by atoms with Crippen molar-refractivity contribution in [2.45, 2.75) is 12.2 Å². The second-order valence-corrected chi connectivity index (χ2v) is 7.88. The van der Waals surface area contributed by atoms with E-state index in [9.17, 15) is 22.8 Å². The molecule has 1 unspecified atom stereocenters. The summed E-state index contributed by atoms with van der Waals surface area (Å²) in [6.07, 6.45) is -4.71. The zero-order valence-electron chi connectivity index (χ0n) is 17.2. The largest absolute Gasteiger partial charge is 0.417 e. The standard InChI is InChI=1S/C21H21F3N4O3S/c1-31-8-5-26-19(29)18-12-27(20(30)15-4-9-32-13-15)6-7-28(18)16-3-2-14(11-25)17(10-16)21(22,23)24/h2-4,9-10,13,18H,5-8,12H2,1H3,(H,26,29). The molecule has 2 heterocycles. The number of benzene rings is 1. The number of anilines is 1. The fourth-order valence-electron chi connectivity index (χ4n) is 3.51. The number of methoxy groups -OCH3 is 1. The van der Waals surface area contributed by atoms with Crippen LogP contribution in [0.2, 0.25) is 0 Å². The lowest BCUT2D eigenvalue weighted by Crippen LogP contribution is -2.60. The van der Waals surface area contributed by atoms with E-state index in [4.69, 9.17) is 10.00 Å². The number of nitrogens with zero attached hydrogens (tertiary/aromatic N) is 3. The van der Waals surface area contributed by atoms with Gasteiger partial charge in [-0.05, 0) is 29.6 Å². The number of halogens is 3. The van der Waals surface area contributed by atoms with Gasteiger partial charge in [-0.15, -0.1) is 0 Å². The lowest BCUT2D eigenvalue weighted by molar-refractivity contribution is -0.137. The molecule has 0 aliphatic carbocycles. The SMILES string of the molecule is COCCNC(=O)C1CN(C(=O)c2ccsc2)CCN1c1ccc(C#N)c(C(F)(F)F)c1. The zero-order chi connectivity index (χ0) is 23.3. The molecule has 0 bridgehead atoms. The molecule has 1 aromatic carbocycles. The van der Waals surface area contributed by atoms with Gasteiger partial charge in [-0.3, -0.25) is 9.59 Å². The normalized spacial score (nSPS) is 16.5. The molecule has 0 radical (unpaired) electrons.